The van der Waals surface area contributed by atoms with E-state index < -0.39 is 24.5 Å². The van der Waals surface area contributed by atoms with Crippen LogP contribution in [-0.4, -0.2) is 24.7 Å². The zero-order valence-corrected chi connectivity index (χ0v) is 7.34. The van der Waals surface area contributed by atoms with Crippen molar-refractivity contribution < 1.29 is 18.0 Å². The van der Waals surface area contributed by atoms with Gasteiger partial charge < -0.3 is 11.1 Å². The van der Waals surface area contributed by atoms with Gasteiger partial charge in [0, 0.05) is 6.04 Å². The summed E-state index contributed by atoms with van der Waals surface area (Å²) in [6, 6.07) is -0.225. The lowest BCUT2D eigenvalue weighted by Gasteiger charge is -2.11. The lowest BCUT2D eigenvalue weighted by molar-refractivity contribution is -0.139. The molecule has 0 radical (unpaired) electrons. The molecule has 1 aliphatic carbocycles. The van der Waals surface area contributed by atoms with Crippen molar-refractivity contribution in [1.82, 2.24) is 5.32 Å². The monoisotopic (exact) mass is 208 g/mol. The second-order valence-corrected chi connectivity index (χ2v) is 3.22. The van der Waals surface area contributed by atoms with Gasteiger partial charge in [0.15, 0.2) is 0 Å². The van der Waals surface area contributed by atoms with Crippen molar-refractivity contribution >= 4 is 5.91 Å². The Labute approximate surface area is 79.1 Å². The third-order valence-corrected chi connectivity index (χ3v) is 1.92. The number of hydrogen-bond acceptors (Lipinski definition) is 2. The molecule has 1 amide bonds. The van der Waals surface area contributed by atoms with Crippen LogP contribution in [0.25, 0.3) is 0 Å². The predicted molar refractivity (Wildman–Crippen MR) is 44.3 cm³/mol. The fourth-order valence-electron chi connectivity index (χ4n) is 1.24. The Morgan fingerprint density at radius 1 is 1.50 bits per heavy atom. The van der Waals surface area contributed by atoms with E-state index in [2.05, 4.69) is 0 Å². The second-order valence-electron chi connectivity index (χ2n) is 3.22. The number of hydrogen-bond donors (Lipinski definition) is 2. The van der Waals surface area contributed by atoms with Gasteiger partial charge in [-0.3, -0.25) is 4.79 Å². The van der Waals surface area contributed by atoms with Crippen LogP contribution in [0.4, 0.5) is 13.2 Å². The number of halogens is 3. The first-order chi connectivity index (χ1) is 6.38. The predicted octanol–water partition coefficient (Wildman–Crippen LogP) is 0.568. The smallest absolute Gasteiger partial charge is 0.346 e. The first-order valence-electron chi connectivity index (χ1n) is 4.17. The van der Waals surface area contributed by atoms with Crippen LogP contribution in [0.3, 0.4) is 0 Å². The van der Waals surface area contributed by atoms with E-state index in [0.29, 0.717) is 6.42 Å². The molecule has 1 rings (SSSR count). The van der Waals surface area contributed by atoms with Crippen molar-refractivity contribution in [1.29, 1.82) is 0 Å². The summed E-state index contributed by atoms with van der Waals surface area (Å²) in [4.78, 5) is 11.1. The molecule has 0 saturated heterocycles. The van der Waals surface area contributed by atoms with E-state index in [0.717, 1.165) is 0 Å². The van der Waals surface area contributed by atoms with Crippen LogP contribution in [-0.2, 0) is 4.79 Å². The molecule has 14 heavy (non-hydrogen) atoms. The second kappa shape index (κ2) is 4.00. The number of carbonyl (C=O) groups excluding carboxylic acids is 1. The topological polar surface area (TPSA) is 55.1 Å². The van der Waals surface area contributed by atoms with Gasteiger partial charge in [-0.15, -0.1) is 0 Å². The minimum absolute atomic E-state index is 0.225. The Balaban J connectivity index is 2.33. The van der Waals surface area contributed by atoms with E-state index in [1.807, 2.05) is 5.32 Å². The van der Waals surface area contributed by atoms with Gasteiger partial charge in [0.2, 0.25) is 5.91 Å². The maximum absolute atomic E-state index is 11.7. The number of alkyl halides is 3. The molecule has 80 valence electrons. The SMILES string of the molecule is NC1C=CC(C(=O)NCC(F)(F)F)C1. The number of amides is 1. The summed E-state index contributed by atoms with van der Waals surface area (Å²) in [5.41, 5.74) is 5.46. The summed E-state index contributed by atoms with van der Waals surface area (Å²) in [5.74, 6) is -1.14. The summed E-state index contributed by atoms with van der Waals surface area (Å²) < 4.78 is 35.2. The van der Waals surface area contributed by atoms with E-state index in [9.17, 15) is 18.0 Å². The Kier molecular flexibility index (Phi) is 3.15. The highest BCUT2D eigenvalue weighted by atomic mass is 19.4. The molecular formula is C8H11F3N2O. The molecule has 3 N–H and O–H groups in total. The average Bonchev–Trinajstić information content (AvgIpc) is 2.46. The first kappa shape index (κ1) is 11.0. The van der Waals surface area contributed by atoms with Gasteiger partial charge in [-0.2, -0.15) is 13.2 Å². The minimum Gasteiger partial charge on any atom is -0.346 e. The first-order valence-corrected chi connectivity index (χ1v) is 4.17. The molecule has 0 aliphatic heterocycles. The van der Waals surface area contributed by atoms with Crippen LogP contribution in [0.1, 0.15) is 6.42 Å². The van der Waals surface area contributed by atoms with Gasteiger partial charge in [-0.25, -0.2) is 0 Å². The number of nitrogens with one attached hydrogen (secondary N) is 1. The molecule has 1 aliphatic rings. The van der Waals surface area contributed by atoms with Crippen molar-refractivity contribution in [3.8, 4) is 0 Å². The van der Waals surface area contributed by atoms with Gasteiger partial charge in [-0.1, -0.05) is 12.2 Å². The maximum atomic E-state index is 11.7. The molecule has 0 aromatic heterocycles. The molecule has 0 aromatic carbocycles. The van der Waals surface area contributed by atoms with Crippen LogP contribution in [0.2, 0.25) is 0 Å². The highest BCUT2D eigenvalue weighted by Crippen LogP contribution is 2.17. The number of rotatable bonds is 2. The summed E-state index contributed by atoms with van der Waals surface area (Å²) in [6.45, 7) is -1.29. The quantitative estimate of drug-likeness (QED) is 0.652. The number of carbonyl (C=O) groups is 1. The largest absolute Gasteiger partial charge is 0.405 e. The molecule has 0 aromatic rings. The molecule has 6 heteroatoms. The molecule has 0 bridgehead atoms. The Morgan fingerprint density at radius 3 is 2.57 bits per heavy atom. The van der Waals surface area contributed by atoms with Gasteiger partial charge >= 0.3 is 6.18 Å². The van der Waals surface area contributed by atoms with Gasteiger partial charge in [0.1, 0.15) is 6.54 Å². The fourth-order valence-corrected chi connectivity index (χ4v) is 1.24. The van der Waals surface area contributed by atoms with Crippen LogP contribution in [0.5, 0.6) is 0 Å². The van der Waals surface area contributed by atoms with Crippen molar-refractivity contribution in [2.45, 2.75) is 18.6 Å². The van der Waals surface area contributed by atoms with Gasteiger partial charge in [-0.05, 0) is 6.42 Å². The molecule has 2 atom stereocenters. The van der Waals surface area contributed by atoms with Crippen molar-refractivity contribution in [3.63, 3.8) is 0 Å². The normalized spacial score (nSPS) is 26.6. The lowest BCUT2D eigenvalue weighted by Crippen LogP contribution is -2.37. The van der Waals surface area contributed by atoms with Crippen LogP contribution >= 0.6 is 0 Å². The zero-order chi connectivity index (χ0) is 10.8. The summed E-state index contributed by atoms with van der Waals surface area (Å²) in [6.07, 6.45) is -0.821. The van der Waals surface area contributed by atoms with E-state index in [4.69, 9.17) is 5.73 Å². The zero-order valence-electron chi connectivity index (χ0n) is 7.34. The van der Waals surface area contributed by atoms with Crippen LogP contribution in [0.15, 0.2) is 12.2 Å². The van der Waals surface area contributed by atoms with E-state index in [-0.39, 0.29) is 6.04 Å². The Bertz CT molecular complexity index is 249. The fraction of sp³-hybridized carbons (Fsp3) is 0.625. The maximum Gasteiger partial charge on any atom is 0.405 e. The number of nitrogens with two attached hydrogens (primary N) is 1. The molecule has 3 nitrogen and oxygen atoms in total. The van der Waals surface area contributed by atoms with Gasteiger partial charge in [0.05, 0.1) is 5.92 Å². The summed E-state index contributed by atoms with van der Waals surface area (Å²) in [5, 5.41) is 1.81. The standard InChI is InChI=1S/C8H11F3N2O/c9-8(10,11)4-13-7(14)5-1-2-6(12)3-5/h1-2,5-6H,3-4,12H2,(H,13,14). The van der Waals surface area contributed by atoms with Crippen molar-refractivity contribution in [2.24, 2.45) is 11.7 Å². The van der Waals surface area contributed by atoms with E-state index in [1.54, 1.807) is 6.08 Å². The Hall–Kier alpha value is -1.04. The minimum atomic E-state index is -4.36. The summed E-state index contributed by atoms with van der Waals surface area (Å²) in [7, 11) is 0. The van der Waals surface area contributed by atoms with Crippen molar-refractivity contribution in [3.05, 3.63) is 12.2 Å². The molecule has 2 unspecified atom stereocenters. The lowest BCUT2D eigenvalue weighted by atomic mass is 10.1. The van der Waals surface area contributed by atoms with Crippen LogP contribution in [0, 0.1) is 5.92 Å². The molecule has 0 saturated carbocycles. The average molecular weight is 208 g/mol. The highest BCUT2D eigenvalue weighted by Gasteiger charge is 2.30. The molecular weight excluding hydrogens is 197 g/mol. The Morgan fingerprint density at radius 2 is 2.14 bits per heavy atom. The third kappa shape index (κ3) is 3.37. The third-order valence-electron chi connectivity index (χ3n) is 1.92. The van der Waals surface area contributed by atoms with Crippen molar-refractivity contribution in [2.75, 3.05) is 6.54 Å². The van der Waals surface area contributed by atoms with Crippen LogP contribution < -0.4 is 11.1 Å². The highest BCUT2D eigenvalue weighted by molar-refractivity contribution is 5.81. The van der Waals surface area contributed by atoms with Gasteiger partial charge in [0.25, 0.3) is 0 Å². The molecule has 0 heterocycles. The molecule has 0 spiro atoms. The summed E-state index contributed by atoms with van der Waals surface area (Å²) >= 11 is 0. The van der Waals surface area contributed by atoms with E-state index >= 15 is 0 Å². The molecule has 0 fully saturated rings. The van der Waals surface area contributed by atoms with E-state index in [1.165, 1.54) is 6.08 Å².